The second-order valence-electron chi connectivity index (χ2n) is 4.68. The molecule has 0 fully saturated rings. The fraction of sp³-hybridized carbons (Fsp3) is 0.188. The molecule has 2 rings (SSSR count). The fourth-order valence-electron chi connectivity index (χ4n) is 1.97. The lowest BCUT2D eigenvalue weighted by atomic mass is 10.1. The van der Waals surface area contributed by atoms with Gasteiger partial charge in [0.05, 0.1) is 11.3 Å². The van der Waals surface area contributed by atoms with Crippen LogP contribution in [-0.4, -0.2) is 16.6 Å². The van der Waals surface area contributed by atoms with E-state index in [9.17, 15) is 4.79 Å². The number of nitriles is 1. The third kappa shape index (κ3) is 4.33. The molecule has 0 aliphatic carbocycles. The van der Waals surface area contributed by atoms with Crippen molar-refractivity contribution in [3.05, 3.63) is 53.2 Å². The van der Waals surface area contributed by atoms with E-state index in [0.29, 0.717) is 10.6 Å². The molecule has 0 radical (unpaired) electrons. The molecule has 0 aliphatic heterocycles. The van der Waals surface area contributed by atoms with E-state index in [2.05, 4.69) is 22.4 Å². The summed E-state index contributed by atoms with van der Waals surface area (Å²) in [6.45, 7) is 3.98. The van der Waals surface area contributed by atoms with Crippen molar-refractivity contribution < 1.29 is 4.79 Å². The predicted molar refractivity (Wildman–Crippen MR) is 84.2 cm³/mol. The number of amides is 1. The first-order valence-electron chi connectivity index (χ1n) is 6.44. The molecule has 0 saturated heterocycles. The van der Waals surface area contributed by atoms with Crippen molar-refractivity contribution >= 4 is 23.4 Å². The molecule has 0 atom stereocenters. The number of anilines is 1. The average Bonchev–Trinajstić information content (AvgIpc) is 2.44. The van der Waals surface area contributed by atoms with Crippen molar-refractivity contribution in [1.29, 1.82) is 5.26 Å². The molecule has 1 amide bonds. The summed E-state index contributed by atoms with van der Waals surface area (Å²) in [5, 5.41) is 12.4. The van der Waals surface area contributed by atoms with Gasteiger partial charge in [0.2, 0.25) is 5.91 Å². The van der Waals surface area contributed by atoms with Gasteiger partial charge >= 0.3 is 0 Å². The van der Waals surface area contributed by atoms with Crippen molar-refractivity contribution in [2.75, 3.05) is 11.1 Å². The largest absolute Gasteiger partial charge is 0.325 e. The zero-order chi connectivity index (χ0) is 15.2. The molecule has 0 aliphatic rings. The van der Waals surface area contributed by atoms with Gasteiger partial charge in [-0.15, -0.1) is 0 Å². The van der Waals surface area contributed by atoms with Crippen LogP contribution in [0.2, 0.25) is 0 Å². The van der Waals surface area contributed by atoms with Crippen LogP contribution in [0.3, 0.4) is 0 Å². The van der Waals surface area contributed by atoms with E-state index in [4.69, 9.17) is 5.26 Å². The Labute approximate surface area is 128 Å². The van der Waals surface area contributed by atoms with Crippen LogP contribution in [0.25, 0.3) is 0 Å². The van der Waals surface area contributed by atoms with Crippen molar-refractivity contribution in [1.82, 2.24) is 4.98 Å². The highest BCUT2D eigenvalue weighted by Gasteiger charge is 2.08. The van der Waals surface area contributed by atoms with Crippen LogP contribution in [0.1, 0.15) is 16.7 Å². The number of nitrogens with zero attached hydrogens (tertiary/aromatic N) is 2. The van der Waals surface area contributed by atoms with E-state index >= 15 is 0 Å². The van der Waals surface area contributed by atoms with Gasteiger partial charge in [-0.05, 0) is 49.2 Å². The zero-order valence-electron chi connectivity index (χ0n) is 11.9. The summed E-state index contributed by atoms with van der Waals surface area (Å²) in [6, 6.07) is 11.4. The van der Waals surface area contributed by atoms with Crippen LogP contribution in [0.5, 0.6) is 0 Å². The number of aromatic nitrogens is 1. The molecular weight excluding hydrogens is 282 g/mol. The van der Waals surface area contributed by atoms with Crippen LogP contribution >= 0.6 is 11.8 Å². The van der Waals surface area contributed by atoms with Gasteiger partial charge in [-0.2, -0.15) is 5.26 Å². The molecule has 0 bridgehead atoms. The second kappa shape index (κ2) is 6.91. The van der Waals surface area contributed by atoms with Crippen LogP contribution in [0.4, 0.5) is 5.69 Å². The van der Waals surface area contributed by atoms with Crippen molar-refractivity contribution in [2.45, 2.75) is 18.9 Å². The Kier molecular flexibility index (Phi) is 4.96. The smallest absolute Gasteiger partial charge is 0.234 e. The Morgan fingerprint density at radius 3 is 2.71 bits per heavy atom. The highest BCUT2D eigenvalue weighted by Crippen LogP contribution is 2.20. The quantitative estimate of drug-likeness (QED) is 0.879. The minimum atomic E-state index is -0.112. The monoisotopic (exact) mass is 297 g/mol. The Hall–Kier alpha value is -2.32. The summed E-state index contributed by atoms with van der Waals surface area (Å²) in [4.78, 5) is 16.1. The van der Waals surface area contributed by atoms with Gasteiger partial charge < -0.3 is 5.32 Å². The molecule has 1 aromatic carbocycles. The number of hydrogen-bond donors (Lipinski definition) is 1. The van der Waals surface area contributed by atoms with Crippen molar-refractivity contribution in [3.63, 3.8) is 0 Å². The number of hydrogen-bond acceptors (Lipinski definition) is 4. The minimum absolute atomic E-state index is 0.112. The number of pyridine rings is 1. The van der Waals surface area contributed by atoms with Crippen LogP contribution in [0.15, 0.2) is 41.6 Å². The molecule has 1 aromatic heterocycles. The first-order valence-corrected chi connectivity index (χ1v) is 7.43. The molecule has 0 spiro atoms. The molecule has 5 heteroatoms. The molecule has 4 nitrogen and oxygen atoms in total. The van der Waals surface area contributed by atoms with Gasteiger partial charge in [0.25, 0.3) is 0 Å². The first-order chi connectivity index (χ1) is 10.1. The summed E-state index contributed by atoms with van der Waals surface area (Å²) in [5.74, 6) is 0.109. The second-order valence-corrected chi connectivity index (χ2v) is 5.65. The summed E-state index contributed by atoms with van der Waals surface area (Å²) in [7, 11) is 0. The molecule has 0 saturated carbocycles. The summed E-state index contributed by atoms with van der Waals surface area (Å²) >= 11 is 1.26. The van der Waals surface area contributed by atoms with Gasteiger partial charge in [0.1, 0.15) is 11.1 Å². The van der Waals surface area contributed by atoms with E-state index in [1.165, 1.54) is 11.8 Å². The third-order valence-corrected chi connectivity index (χ3v) is 3.74. The Bertz CT molecular complexity index is 687. The lowest BCUT2D eigenvalue weighted by Gasteiger charge is -2.07. The maximum absolute atomic E-state index is 12.0. The summed E-state index contributed by atoms with van der Waals surface area (Å²) in [5.41, 5.74) is 3.49. The van der Waals surface area contributed by atoms with Crippen LogP contribution in [-0.2, 0) is 4.79 Å². The molecular formula is C16H15N3OS. The van der Waals surface area contributed by atoms with Crippen molar-refractivity contribution in [2.24, 2.45) is 0 Å². The van der Waals surface area contributed by atoms with Crippen molar-refractivity contribution in [3.8, 4) is 6.07 Å². The van der Waals surface area contributed by atoms with Gasteiger partial charge in [-0.25, -0.2) is 4.98 Å². The molecule has 21 heavy (non-hydrogen) atoms. The minimum Gasteiger partial charge on any atom is -0.325 e. The number of benzene rings is 1. The third-order valence-electron chi connectivity index (χ3n) is 2.74. The first kappa shape index (κ1) is 15.1. The maximum atomic E-state index is 12.0. The number of carbonyl (C=O) groups excluding carboxylic acids is 1. The summed E-state index contributed by atoms with van der Waals surface area (Å²) in [6.07, 6.45) is 1.62. The Morgan fingerprint density at radius 1 is 1.33 bits per heavy atom. The maximum Gasteiger partial charge on any atom is 0.234 e. The van der Waals surface area contributed by atoms with E-state index in [0.717, 1.165) is 16.8 Å². The number of rotatable bonds is 4. The van der Waals surface area contributed by atoms with Crippen LogP contribution in [0, 0.1) is 25.2 Å². The lowest BCUT2D eigenvalue weighted by Crippen LogP contribution is -2.14. The number of aryl methyl sites for hydroxylation is 2. The predicted octanol–water partition coefficient (Wildman–Crippen LogP) is 3.30. The van der Waals surface area contributed by atoms with Gasteiger partial charge in [-0.1, -0.05) is 17.8 Å². The van der Waals surface area contributed by atoms with E-state index in [-0.39, 0.29) is 11.7 Å². The normalized spacial score (nSPS) is 9.95. The highest BCUT2D eigenvalue weighted by molar-refractivity contribution is 8.00. The molecule has 2 aromatic rings. The number of carbonyl (C=O) groups is 1. The molecule has 0 unspecified atom stereocenters. The fourth-order valence-corrected chi connectivity index (χ4v) is 2.71. The molecule has 1 N–H and O–H groups in total. The molecule has 1 heterocycles. The Morgan fingerprint density at radius 2 is 2.05 bits per heavy atom. The van der Waals surface area contributed by atoms with Gasteiger partial charge in [-0.3, -0.25) is 4.79 Å². The van der Waals surface area contributed by atoms with E-state index < -0.39 is 0 Å². The standard InChI is InChI=1S/C16H15N3OS/c1-11-6-12(2)8-14(7-11)19-15(20)10-21-16-13(9-17)4-3-5-18-16/h3-8H,10H2,1-2H3,(H,19,20). The topological polar surface area (TPSA) is 65.8 Å². The van der Waals surface area contributed by atoms with E-state index in [1.807, 2.05) is 26.0 Å². The summed E-state index contributed by atoms with van der Waals surface area (Å²) < 4.78 is 0. The highest BCUT2D eigenvalue weighted by atomic mass is 32.2. The van der Waals surface area contributed by atoms with E-state index in [1.54, 1.807) is 18.3 Å². The lowest BCUT2D eigenvalue weighted by molar-refractivity contribution is -0.113. The van der Waals surface area contributed by atoms with Gasteiger partial charge in [0, 0.05) is 11.9 Å². The number of thioether (sulfide) groups is 1. The van der Waals surface area contributed by atoms with Gasteiger partial charge in [0.15, 0.2) is 0 Å². The number of nitrogens with one attached hydrogen (secondary N) is 1. The average molecular weight is 297 g/mol. The Balaban J connectivity index is 1.98. The molecule has 106 valence electrons. The SMILES string of the molecule is Cc1cc(C)cc(NC(=O)CSc2ncccc2C#N)c1. The zero-order valence-corrected chi connectivity index (χ0v) is 12.7. The van der Waals surface area contributed by atoms with Crippen LogP contribution < -0.4 is 5.32 Å².